The summed E-state index contributed by atoms with van der Waals surface area (Å²) in [6, 6.07) is 6.17. The molecule has 2 unspecified atom stereocenters. The van der Waals surface area contributed by atoms with Gasteiger partial charge in [0, 0.05) is 5.41 Å². The molecule has 0 fully saturated rings. The number of nitrogens with one attached hydrogen (secondary N) is 1. The first-order chi connectivity index (χ1) is 17.0. The summed E-state index contributed by atoms with van der Waals surface area (Å²) in [7, 11) is 1.35. The van der Waals surface area contributed by atoms with E-state index in [1.165, 1.54) is 7.11 Å². The van der Waals surface area contributed by atoms with Crippen LogP contribution in [0, 0.1) is 21.7 Å². The minimum atomic E-state index is -0.726. The molecular formula is C32H53NO4. The zero-order chi connectivity index (χ0) is 28.5. The van der Waals surface area contributed by atoms with Crippen molar-refractivity contribution in [1.29, 1.82) is 0 Å². The summed E-state index contributed by atoms with van der Waals surface area (Å²) in [4.78, 5) is 26.2. The number of carbonyl (C=O) groups excluding carboxylic acids is 2. The number of phenols is 1. The third-order valence-electron chi connectivity index (χ3n) is 7.52. The molecule has 210 valence electrons. The number of benzene rings is 1. The molecule has 5 heteroatoms. The summed E-state index contributed by atoms with van der Waals surface area (Å²) in [5, 5.41) is 12.5. The Bertz CT molecular complexity index is 898. The normalized spacial score (nSPS) is 15.3. The van der Waals surface area contributed by atoms with E-state index in [0.717, 1.165) is 31.2 Å². The van der Waals surface area contributed by atoms with Crippen molar-refractivity contribution < 1.29 is 19.4 Å². The van der Waals surface area contributed by atoms with Crippen molar-refractivity contribution in [2.45, 2.75) is 113 Å². The molecule has 0 aliphatic rings. The summed E-state index contributed by atoms with van der Waals surface area (Å²) < 4.78 is 5.01. The van der Waals surface area contributed by atoms with Gasteiger partial charge in [-0.1, -0.05) is 99.4 Å². The number of hydrogen-bond donors (Lipinski definition) is 2. The summed E-state index contributed by atoms with van der Waals surface area (Å²) in [5.74, 6) is -0.347. The lowest BCUT2D eigenvalue weighted by Gasteiger charge is -2.37. The van der Waals surface area contributed by atoms with Gasteiger partial charge in [0.2, 0.25) is 5.91 Å². The number of hydrogen-bond acceptors (Lipinski definition) is 4. The lowest BCUT2D eigenvalue weighted by Crippen LogP contribution is -2.49. The van der Waals surface area contributed by atoms with Crippen LogP contribution in [-0.4, -0.2) is 30.1 Å². The predicted molar refractivity (Wildman–Crippen MR) is 153 cm³/mol. The number of ether oxygens (including phenoxy) is 1. The molecule has 2 N–H and O–H groups in total. The second-order valence-electron chi connectivity index (χ2n) is 13.2. The summed E-state index contributed by atoms with van der Waals surface area (Å²) in [6.07, 6.45) is 10.1. The first kappa shape index (κ1) is 32.7. The average molecular weight is 516 g/mol. The van der Waals surface area contributed by atoms with Crippen LogP contribution in [0.2, 0.25) is 0 Å². The van der Waals surface area contributed by atoms with Gasteiger partial charge < -0.3 is 15.2 Å². The molecule has 0 aromatic heterocycles. The first-order valence-corrected chi connectivity index (χ1v) is 13.9. The van der Waals surface area contributed by atoms with E-state index in [9.17, 15) is 14.7 Å². The van der Waals surface area contributed by atoms with E-state index in [-0.39, 0.29) is 27.9 Å². The van der Waals surface area contributed by atoms with Gasteiger partial charge in [-0.25, -0.2) is 4.79 Å². The van der Waals surface area contributed by atoms with Crippen molar-refractivity contribution in [1.82, 2.24) is 5.32 Å². The lowest BCUT2D eigenvalue weighted by molar-refractivity contribution is -0.147. The van der Waals surface area contributed by atoms with Crippen molar-refractivity contribution in [2.75, 3.05) is 7.11 Å². The van der Waals surface area contributed by atoms with Gasteiger partial charge in [-0.3, -0.25) is 4.79 Å². The van der Waals surface area contributed by atoms with Gasteiger partial charge in [0.05, 0.1) is 7.11 Å². The maximum Gasteiger partial charge on any atom is 0.328 e. The van der Waals surface area contributed by atoms with Crippen LogP contribution < -0.4 is 5.32 Å². The Morgan fingerprint density at radius 2 is 1.49 bits per heavy atom. The highest BCUT2D eigenvalue weighted by molar-refractivity contribution is 5.87. The summed E-state index contributed by atoms with van der Waals surface area (Å²) in [6.45, 7) is 19.9. The molecular weight excluding hydrogens is 462 g/mol. The highest BCUT2D eigenvalue weighted by Crippen LogP contribution is 2.42. The predicted octanol–water partition coefficient (Wildman–Crippen LogP) is 7.61. The van der Waals surface area contributed by atoms with Gasteiger partial charge in [-0.05, 0) is 66.0 Å². The Morgan fingerprint density at radius 1 is 0.946 bits per heavy atom. The molecule has 0 saturated heterocycles. The average Bonchev–Trinajstić information content (AvgIpc) is 2.80. The van der Waals surface area contributed by atoms with Crippen LogP contribution in [0.5, 0.6) is 5.75 Å². The number of aryl methyl sites for hydroxylation is 1. The quantitative estimate of drug-likeness (QED) is 0.186. The molecule has 37 heavy (non-hydrogen) atoms. The molecule has 1 rings (SSSR count). The van der Waals surface area contributed by atoms with Gasteiger partial charge in [0.1, 0.15) is 11.8 Å². The molecule has 0 heterocycles. The molecule has 1 aromatic rings. The Hall–Kier alpha value is -2.30. The summed E-state index contributed by atoms with van der Waals surface area (Å²) >= 11 is 0. The molecule has 0 saturated carbocycles. The van der Waals surface area contributed by atoms with Crippen LogP contribution >= 0.6 is 0 Å². The molecule has 0 aliphatic heterocycles. The Morgan fingerprint density at radius 3 is 1.97 bits per heavy atom. The fourth-order valence-electron chi connectivity index (χ4n) is 5.46. The largest absolute Gasteiger partial charge is 0.508 e. The number of carbonyl (C=O) groups is 2. The third kappa shape index (κ3) is 11.3. The molecule has 5 nitrogen and oxygen atoms in total. The standard InChI is InChI=1S/C32H53NO4/c1-11-19-32(9,23-31(7,8)21-20-30(5,6)22-29(3,4)12-2)28(36)33-26(27(35)37-10)18-15-24-13-16-25(34)17-14-24/h13-14,16-17,20-21,26,34H,11-12,15,18-19,22-23H2,1-10H3,(H,33,36). The van der Waals surface area contributed by atoms with Gasteiger partial charge >= 0.3 is 5.97 Å². The van der Waals surface area contributed by atoms with E-state index in [2.05, 4.69) is 72.9 Å². The number of allylic oxidation sites excluding steroid dienone is 2. The van der Waals surface area contributed by atoms with Crippen molar-refractivity contribution in [3.05, 3.63) is 42.0 Å². The van der Waals surface area contributed by atoms with Gasteiger partial charge in [0.15, 0.2) is 0 Å². The van der Waals surface area contributed by atoms with E-state index < -0.39 is 17.4 Å². The maximum absolute atomic E-state index is 13.7. The van der Waals surface area contributed by atoms with Crippen LogP contribution in [0.3, 0.4) is 0 Å². The van der Waals surface area contributed by atoms with Crippen molar-refractivity contribution in [3.8, 4) is 5.75 Å². The zero-order valence-electron chi connectivity index (χ0n) is 25.2. The lowest BCUT2D eigenvalue weighted by atomic mass is 9.69. The molecule has 0 spiro atoms. The highest BCUT2D eigenvalue weighted by atomic mass is 16.5. The van der Waals surface area contributed by atoms with Crippen molar-refractivity contribution in [3.63, 3.8) is 0 Å². The van der Waals surface area contributed by atoms with E-state index in [1.807, 2.05) is 19.1 Å². The minimum Gasteiger partial charge on any atom is -0.508 e. The number of phenolic OH excluding ortho intramolecular Hbond substituents is 1. The number of rotatable bonds is 15. The van der Waals surface area contributed by atoms with Gasteiger partial charge in [-0.15, -0.1) is 0 Å². The SMILES string of the molecule is CCCC(C)(CC(C)(C)C=CC(C)(C)CC(C)(C)CC)C(=O)NC(CCc1ccc(O)cc1)C(=O)OC. The molecule has 0 bridgehead atoms. The molecule has 2 atom stereocenters. The Kier molecular flexibility index (Phi) is 11.9. The fraction of sp³-hybridized carbons (Fsp3) is 0.688. The van der Waals surface area contributed by atoms with E-state index in [4.69, 9.17) is 4.74 Å². The highest BCUT2D eigenvalue weighted by Gasteiger charge is 2.39. The van der Waals surface area contributed by atoms with Crippen LogP contribution in [0.4, 0.5) is 0 Å². The minimum absolute atomic E-state index is 0.0599. The topological polar surface area (TPSA) is 75.6 Å². The van der Waals surface area contributed by atoms with E-state index in [0.29, 0.717) is 19.3 Å². The Balaban J connectivity index is 3.03. The number of amides is 1. The van der Waals surface area contributed by atoms with Crippen LogP contribution in [0.25, 0.3) is 0 Å². The second kappa shape index (κ2) is 13.5. The van der Waals surface area contributed by atoms with Crippen LogP contribution in [-0.2, 0) is 20.7 Å². The molecule has 1 aromatic carbocycles. The van der Waals surface area contributed by atoms with Crippen molar-refractivity contribution >= 4 is 11.9 Å². The first-order valence-electron chi connectivity index (χ1n) is 13.9. The third-order valence-corrected chi connectivity index (χ3v) is 7.52. The monoisotopic (exact) mass is 515 g/mol. The smallest absolute Gasteiger partial charge is 0.328 e. The van der Waals surface area contributed by atoms with E-state index in [1.54, 1.807) is 12.1 Å². The summed E-state index contributed by atoms with van der Waals surface area (Å²) in [5.41, 5.74) is 0.502. The van der Waals surface area contributed by atoms with Gasteiger partial charge in [-0.2, -0.15) is 0 Å². The number of esters is 1. The van der Waals surface area contributed by atoms with Gasteiger partial charge in [0.25, 0.3) is 0 Å². The number of methoxy groups -OCH3 is 1. The van der Waals surface area contributed by atoms with Crippen LogP contribution in [0.1, 0.15) is 106 Å². The maximum atomic E-state index is 13.7. The van der Waals surface area contributed by atoms with Crippen molar-refractivity contribution in [2.24, 2.45) is 21.7 Å². The molecule has 1 amide bonds. The fourth-order valence-corrected chi connectivity index (χ4v) is 5.46. The van der Waals surface area contributed by atoms with Crippen LogP contribution in [0.15, 0.2) is 36.4 Å². The molecule has 0 radical (unpaired) electrons. The van der Waals surface area contributed by atoms with E-state index >= 15 is 0 Å². The Labute approximate surface area is 226 Å². The molecule has 0 aliphatic carbocycles. The second-order valence-corrected chi connectivity index (χ2v) is 13.2. The zero-order valence-corrected chi connectivity index (χ0v) is 25.2. The number of aromatic hydroxyl groups is 1.